The minimum absolute atomic E-state index is 0.0195. The van der Waals surface area contributed by atoms with Crippen molar-refractivity contribution in [3.8, 4) is 5.75 Å². The molecule has 2 aromatic rings. The van der Waals surface area contributed by atoms with Crippen LogP contribution in [0.15, 0.2) is 48.5 Å². The highest BCUT2D eigenvalue weighted by atomic mass is 32.2. The number of sulfonamides is 1. The van der Waals surface area contributed by atoms with Gasteiger partial charge in [-0.3, -0.25) is 4.79 Å². The Bertz CT molecular complexity index is 835. The largest absolute Gasteiger partial charge is 0.482 e. The summed E-state index contributed by atoms with van der Waals surface area (Å²) in [5.74, 6) is 0.397. The molecule has 3 rings (SSSR count). The van der Waals surface area contributed by atoms with Crippen LogP contribution in [0.5, 0.6) is 5.75 Å². The third kappa shape index (κ3) is 4.33. The Morgan fingerprint density at radius 2 is 1.88 bits per heavy atom. The van der Waals surface area contributed by atoms with Gasteiger partial charge in [-0.15, -0.1) is 0 Å². The number of amides is 1. The molecule has 2 aromatic carbocycles. The number of hydrogen-bond acceptors (Lipinski definition) is 4. The molecule has 24 heavy (non-hydrogen) atoms. The van der Waals surface area contributed by atoms with E-state index in [4.69, 9.17) is 4.74 Å². The van der Waals surface area contributed by atoms with Gasteiger partial charge in [-0.2, -0.15) is 0 Å². The highest BCUT2D eigenvalue weighted by molar-refractivity contribution is 7.88. The van der Waals surface area contributed by atoms with Gasteiger partial charge in [0, 0.05) is 6.54 Å². The van der Waals surface area contributed by atoms with E-state index in [1.165, 1.54) is 0 Å². The minimum Gasteiger partial charge on any atom is -0.482 e. The normalized spacial score (nSPS) is 13.8. The topological polar surface area (TPSA) is 84.5 Å². The summed E-state index contributed by atoms with van der Waals surface area (Å²) < 4.78 is 32.0. The van der Waals surface area contributed by atoms with Gasteiger partial charge in [0.25, 0.3) is 5.91 Å². The van der Waals surface area contributed by atoms with Gasteiger partial charge < -0.3 is 10.1 Å². The fourth-order valence-electron chi connectivity index (χ4n) is 2.48. The third-order valence-electron chi connectivity index (χ3n) is 3.61. The molecule has 1 aliphatic rings. The predicted octanol–water partition coefficient (Wildman–Crippen LogP) is 1.68. The minimum atomic E-state index is -3.38. The van der Waals surface area contributed by atoms with E-state index in [1.807, 2.05) is 24.3 Å². The van der Waals surface area contributed by atoms with Crippen molar-refractivity contribution in [2.75, 3.05) is 18.5 Å². The smallest absolute Gasteiger partial charge is 0.262 e. The van der Waals surface area contributed by atoms with Crippen LogP contribution in [0.1, 0.15) is 11.1 Å². The fourth-order valence-corrected chi connectivity index (χ4v) is 3.63. The van der Waals surface area contributed by atoms with E-state index in [9.17, 15) is 13.2 Å². The number of hydrogen-bond donors (Lipinski definition) is 2. The van der Waals surface area contributed by atoms with Crippen LogP contribution in [-0.4, -0.2) is 27.5 Å². The molecule has 0 fully saturated rings. The van der Waals surface area contributed by atoms with Crippen molar-refractivity contribution in [1.82, 2.24) is 4.72 Å². The lowest BCUT2D eigenvalue weighted by molar-refractivity contribution is -0.118. The summed E-state index contributed by atoms with van der Waals surface area (Å²) in [5, 5.41) is 2.74. The first-order valence-corrected chi connectivity index (χ1v) is 9.24. The fraction of sp³-hybridized carbons (Fsp3) is 0.235. The van der Waals surface area contributed by atoms with Crippen molar-refractivity contribution >= 4 is 21.6 Å². The summed E-state index contributed by atoms with van der Waals surface area (Å²) in [6.45, 7) is 0.314. The van der Waals surface area contributed by atoms with Crippen molar-refractivity contribution < 1.29 is 17.9 Å². The van der Waals surface area contributed by atoms with E-state index in [0.717, 1.165) is 11.1 Å². The van der Waals surface area contributed by atoms with Crippen molar-refractivity contribution in [2.45, 2.75) is 12.2 Å². The molecule has 1 aliphatic heterocycles. The molecule has 0 unspecified atom stereocenters. The molecule has 7 heteroatoms. The molecular weight excluding hydrogens is 328 g/mol. The molecule has 2 N–H and O–H groups in total. The number of fused-ring (bicyclic) bond motifs is 1. The van der Waals surface area contributed by atoms with E-state index < -0.39 is 10.0 Å². The van der Waals surface area contributed by atoms with Gasteiger partial charge in [0.2, 0.25) is 10.0 Å². The molecule has 0 saturated carbocycles. The number of ether oxygens (including phenoxy) is 1. The van der Waals surface area contributed by atoms with E-state index >= 15 is 0 Å². The van der Waals surface area contributed by atoms with E-state index in [1.54, 1.807) is 24.3 Å². The number of rotatable bonds is 6. The Balaban J connectivity index is 1.56. The number of carbonyl (C=O) groups excluding carboxylic acids is 1. The maximum Gasteiger partial charge on any atom is 0.262 e. The van der Waals surface area contributed by atoms with Gasteiger partial charge in [-0.05, 0) is 29.7 Å². The van der Waals surface area contributed by atoms with E-state index in [0.29, 0.717) is 24.4 Å². The van der Waals surface area contributed by atoms with Crippen LogP contribution in [0.4, 0.5) is 5.69 Å². The van der Waals surface area contributed by atoms with Crippen LogP contribution < -0.4 is 14.8 Å². The predicted molar refractivity (Wildman–Crippen MR) is 91.3 cm³/mol. The zero-order chi connectivity index (χ0) is 17.0. The van der Waals surface area contributed by atoms with Gasteiger partial charge >= 0.3 is 0 Å². The lowest BCUT2D eigenvalue weighted by Crippen LogP contribution is -2.27. The first-order valence-electron chi connectivity index (χ1n) is 7.59. The Labute approximate surface area is 140 Å². The van der Waals surface area contributed by atoms with Gasteiger partial charge in [-0.1, -0.05) is 36.4 Å². The number of benzene rings is 2. The average Bonchev–Trinajstić information content (AvgIpc) is 2.55. The summed E-state index contributed by atoms with van der Waals surface area (Å²) in [6, 6.07) is 14.5. The van der Waals surface area contributed by atoms with Crippen LogP contribution in [0.2, 0.25) is 0 Å². The Morgan fingerprint density at radius 1 is 1.08 bits per heavy atom. The zero-order valence-corrected chi connectivity index (χ0v) is 13.8. The monoisotopic (exact) mass is 346 g/mol. The molecule has 0 saturated heterocycles. The van der Waals surface area contributed by atoms with Crippen LogP contribution in [-0.2, 0) is 27.0 Å². The molecule has 1 amide bonds. The lowest BCUT2D eigenvalue weighted by atomic mass is 10.1. The van der Waals surface area contributed by atoms with Crippen LogP contribution in [0.3, 0.4) is 0 Å². The maximum absolute atomic E-state index is 12.1. The molecule has 0 aliphatic carbocycles. The van der Waals surface area contributed by atoms with E-state index in [2.05, 4.69) is 10.0 Å². The van der Waals surface area contributed by atoms with Gasteiger partial charge in [0.15, 0.2) is 6.61 Å². The van der Waals surface area contributed by atoms with Gasteiger partial charge in [-0.25, -0.2) is 13.1 Å². The second-order valence-electron chi connectivity index (χ2n) is 5.56. The molecule has 0 atom stereocenters. The molecular formula is C17H18N2O4S. The summed E-state index contributed by atoms with van der Waals surface area (Å²) in [5.41, 5.74) is 2.29. The van der Waals surface area contributed by atoms with Gasteiger partial charge in [0.1, 0.15) is 5.75 Å². The second-order valence-corrected chi connectivity index (χ2v) is 7.36. The number of carbonyl (C=O) groups is 1. The first-order chi connectivity index (χ1) is 11.5. The highest BCUT2D eigenvalue weighted by Gasteiger charge is 2.16. The summed E-state index contributed by atoms with van der Waals surface area (Å²) in [4.78, 5) is 11.3. The third-order valence-corrected chi connectivity index (χ3v) is 4.97. The highest BCUT2D eigenvalue weighted by Crippen LogP contribution is 2.28. The Hall–Kier alpha value is -2.38. The number of nitrogens with one attached hydrogen (secondary N) is 2. The molecule has 1 heterocycles. The lowest BCUT2D eigenvalue weighted by Gasteiger charge is -2.18. The molecule has 6 nitrogen and oxygen atoms in total. The van der Waals surface area contributed by atoms with E-state index in [-0.39, 0.29) is 18.3 Å². The molecule has 126 valence electrons. The Kier molecular flexibility index (Phi) is 4.82. The molecule has 0 bridgehead atoms. The zero-order valence-electron chi connectivity index (χ0n) is 13.0. The van der Waals surface area contributed by atoms with Crippen molar-refractivity contribution in [3.05, 3.63) is 59.7 Å². The number of anilines is 1. The second kappa shape index (κ2) is 7.02. The SMILES string of the molecule is O=C1COc2ccc(CCNS(=O)(=O)Cc3ccccc3)cc2N1. The summed E-state index contributed by atoms with van der Waals surface area (Å²) in [7, 11) is -3.38. The quantitative estimate of drug-likeness (QED) is 0.833. The first kappa shape index (κ1) is 16.5. The Morgan fingerprint density at radius 3 is 2.67 bits per heavy atom. The van der Waals surface area contributed by atoms with Crippen molar-refractivity contribution in [2.24, 2.45) is 0 Å². The van der Waals surface area contributed by atoms with Gasteiger partial charge in [0.05, 0.1) is 11.4 Å². The van der Waals surface area contributed by atoms with Crippen LogP contribution in [0, 0.1) is 0 Å². The maximum atomic E-state index is 12.1. The summed E-state index contributed by atoms with van der Waals surface area (Å²) in [6.07, 6.45) is 0.525. The van der Waals surface area contributed by atoms with Crippen molar-refractivity contribution in [3.63, 3.8) is 0 Å². The standard InChI is InChI=1S/C17H18N2O4S/c20-17-11-23-16-7-6-13(10-15(16)19-17)8-9-18-24(21,22)12-14-4-2-1-3-5-14/h1-7,10,18H,8-9,11-12H2,(H,19,20). The van der Waals surface area contributed by atoms with Crippen molar-refractivity contribution in [1.29, 1.82) is 0 Å². The van der Waals surface area contributed by atoms with Crippen LogP contribution >= 0.6 is 0 Å². The summed E-state index contributed by atoms with van der Waals surface area (Å²) >= 11 is 0. The average molecular weight is 346 g/mol. The van der Waals surface area contributed by atoms with Crippen LogP contribution in [0.25, 0.3) is 0 Å². The molecule has 0 spiro atoms. The molecule has 0 radical (unpaired) electrons. The molecule has 0 aromatic heterocycles.